The molecule has 0 spiro atoms. The van der Waals surface area contributed by atoms with Crippen LogP contribution in [0, 0.1) is 13.8 Å². The van der Waals surface area contributed by atoms with Crippen LogP contribution in [-0.4, -0.2) is 39.3 Å². The first-order valence-electron chi connectivity index (χ1n) is 10.8. The summed E-state index contributed by atoms with van der Waals surface area (Å²) in [7, 11) is -0.886. The highest BCUT2D eigenvalue weighted by molar-refractivity contribution is 7.90. The Morgan fingerprint density at radius 1 is 1.03 bits per heavy atom. The number of carbonyl (C=O) groups is 1. The molecule has 0 radical (unpaired) electrons. The standard InChI is InChI=1S/C24H33N3O3S/c1-17-10-11-18(2)23(14-17)27(31(29,30)26(4)5)16-24(28)25-19(3)21-13-12-20-8-6-7-9-22(20)15-21/h10-15,19H,6-9,16H2,1-5H3,(H,25,28)/t19-/m0/s1. The molecule has 3 rings (SSSR count). The molecule has 1 aliphatic rings. The SMILES string of the molecule is Cc1ccc(C)c(N(CC(=O)N[C@@H](C)c2ccc3c(c2)CCCC3)S(=O)(=O)N(C)C)c1. The van der Waals surface area contributed by atoms with Gasteiger partial charge < -0.3 is 5.32 Å². The van der Waals surface area contributed by atoms with E-state index in [1.54, 1.807) is 6.07 Å². The second-order valence-corrected chi connectivity index (χ2v) is 10.7. The monoisotopic (exact) mass is 443 g/mol. The van der Waals surface area contributed by atoms with Gasteiger partial charge in [-0.05, 0) is 80.3 Å². The summed E-state index contributed by atoms with van der Waals surface area (Å²) in [5.74, 6) is -0.337. The Hall–Kier alpha value is -2.38. The Morgan fingerprint density at radius 3 is 2.39 bits per heavy atom. The Bertz CT molecular complexity index is 1060. The molecule has 2 aromatic carbocycles. The molecule has 0 bridgehead atoms. The number of hydrogen-bond donors (Lipinski definition) is 1. The van der Waals surface area contributed by atoms with Gasteiger partial charge in [0.15, 0.2) is 0 Å². The van der Waals surface area contributed by atoms with E-state index in [9.17, 15) is 13.2 Å². The normalized spacial score (nSPS) is 14.8. The van der Waals surface area contributed by atoms with E-state index in [1.807, 2.05) is 32.9 Å². The van der Waals surface area contributed by atoms with E-state index in [0.29, 0.717) is 5.69 Å². The van der Waals surface area contributed by atoms with Gasteiger partial charge in [-0.2, -0.15) is 12.7 Å². The Kier molecular flexibility index (Phi) is 7.06. The predicted octanol–water partition coefficient (Wildman–Crippen LogP) is 3.67. The van der Waals surface area contributed by atoms with Crippen LogP contribution in [0.25, 0.3) is 0 Å². The fraction of sp³-hybridized carbons (Fsp3) is 0.458. The number of carbonyl (C=O) groups excluding carboxylic acids is 1. The summed E-state index contributed by atoms with van der Waals surface area (Å²) in [5.41, 5.74) is 6.05. The number of amides is 1. The number of rotatable bonds is 7. The van der Waals surface area contributed by atoms with Gasteiger partial charge in [0.25, 0.3) is 0 Å². The van der Waals surface area contributed by atoms with Crippen LogP contribution in [0.2, 0.25) is 0 Å². The van der Waals surface area contributed by atoms with Crippen molar-refractivity contribution in [1.29, 1.82) is 0 Å². The lowest BCUT2D eigenvalue weighted by Gasteiger charge is -2.29. The second-order valence-electron chi connectivity index (χ2n) is 8.61. The molecule has 1 amide bonds. The molecule has 168 valence electrons. The van der Waals surface area contributed by atoms with Crippen LogP contribution in [0.1, 0.15) is 53.6 Å². The third-order valence-corrected chi connectivity index (χ3v) is 7.72. The molecule has 6 nitrogen and oxygen atoms in total. The van der Waals surface area contributed by atoms with Crippen molar-refractivity contribution in [2.45, 2.75) is 52.5 Å². The first-order valence-corrected chi connectivity index (χ1v) is 12.2. The molecule has 1 aliphatic carbocycles. The lowest BCUT2D eigenvalue weighted by molar-refractivity contribution is -0.120. The average Bonchev–Trinajstić information content (AvgIpc) is 2.73. The van der Waals surface area contributed by atoms with E-state index >= 15 is 0 Å². The van der Waals surface area contributed by atoms with Crippen molar-refractivity contribution in [3.63, 3.8) is 0 Å². The van der Waals surface area contributed by atoms with E-state index in [1.165, 1.54) is 42.4 Å². The van der Waals surface area contributed by atoms with Crippen LogP contribution in [0.4, 0.5) is 5.69 Å². The molecule has 0 heterocycles. The Morgan fingerprint density at radius 2 is 1.71 bits per heavy atom. The lowest BCUT2D eigenvalue weighted by Crippen LogP contribution is -2.46. The molecule has 0 aromatic heterocycles. The molecular formula is C24H33N3O3S. The summed E-state index contributed by atoms with van der Waals surface area (Å²) < 4.78 is 28.4. The topological polar surface area (TPSA) is 69.7 Å². The Balaban J connectivity index is 1.81. The van der Waals surface area contributed by atoms with Gasteiger partial charge in [-0.3, -0.25) is 4.79 Å². The van der Waals surface area contributed by atoms with Crippen molar-refractivity contribution >= 4 is 21.8 Å². The number of benzene rings is 2. The second kappa shape index (κ2) is 9.40. The number of fused-ring (bicyclic) bond motifs is 1. The zero-order valence-corrected chi connectivity index (χ0v) is 19.9. The molecular weight excluding hydrogens is 410 g/mol. The number of hydrogen-bond acceptors (Lipinski definition) is 3. The highest BCUT2D eigenvalue weighted by Gasteiger charge is 2.29. The van der Waals surface area contributed by atoms with Gasteiger partial charge in [-0.25, -0.2) is 4.31 Å². The third-order valence-electron chi connectivity index (χ3n) is 5.91. The fourth-order valence-corrected chi connectivity index (χ4v) is 5.12. The quantitative estimate of drug-likeness (QED) is 0.710. The third kappa shape index (κ3) is 5.28. The van der Waals surface area contributed by atoms with E-state index in [-0.39, 0.29) is 18.5 Å². The van der Waals surface area contributed by atoms with Gasteiger partial charge in [0.2, 0.25) is 5.91 Å². The molecule has 1 atom stereocenters. The molecule has 2 aromatic rings. The number of aryl methyl sites for hydroxylation is 4. The van der Waals surface area contributed by atoms with Crippen LogP contribution >= 0.6 is 0 Å². The summed E-state index contributed by atoms with van der Waals surface area (Å²) in [6.07, 6.45) is 4.62. The zero-order chi connectivity index (χ0) is 22.8. The van der Waals surface area contributed by atoms with Crippen molar-refractivity contribution in [2.75, 3.05) is 24.9 Å². The summed E-state index contributed by atoms with van der Waals surface area (Å²) in [6.45, 7) is 5.41. The molecule has 1 N–H and O–H groups in total. The van der Waals surface area contributed by atoms with E-state index < -0.39 is 10.2 Å². The van der Waals surface area contributed by atoms with Crippen LogP contribution in [0.3, 0.4) is 0 Å². The van der Waals surface area contributed by atoms with E-state index in [0.717, 1.165) is 33.8 Å². The van der Waals surface area contributed by atoms with Crippen molar-refractivity contribution in [3.8, 4) is 0 Å². The molecule has 0 aliphatic heterocycles. The summed E-state index contributed by atoms with van der Waals surface area (Å²) in [4.78, 5) is 12.9. The van der Waals surface area contributed by atoms with Crippen LogP contribution in [-0.2, 0) is 27.8 Å². The largest absolute Gasteiger partial charge is 0.348 e. The number of anilines is 1. The lowest BCUT2D eigenvalue weighted by atomic mass is 9.89. The first-order chi connectivity index (χ1) is 14.6. The van der Waals surface area contributed by atoms with Gasteiger partial charge in [0, 0.05) is 14.1 Å². The predicted molar refractivity (Wildman–Crippen MR) is 126 cm³/mol. The average molecular weight is 444 g/mol. The van der Waals surface area contributed by atoms with Gasteiger partial charge >= 0.3 is 10.2 Å². The summed E-state index contributed by atoms with van der Waals surface area (Å²) >= 11 is 0. The van der Waals surface area contributed by atoms with Crippen LogP contribution in [0.15, 0.2) is 36.4 Å². The molecule has 0 saturated heterocycles. The van der Waals surface area contributed by atoms with Crippen molar-refractivity contribution in [1.82, 2.24) is 9.62 Å². The Labute approximate surface area is 186 Å². The fourth-order valence-electron chi connectivity index (χ4n) is 4.00. The molecule has 31 heavy (non-hydrogen) atoms. The van der Waals surface area contributed by atoms with Crippen molar-refractivity contribution in [3.05, 3.63) is 64.2 Å². The van der Waals surface area contributed by atoms with Gasteiger partial charge in [0.05, 0.1) is 11.7 Å². The smallest absolute Gasteiger partial charge is 0.304 e. The van der Waals surface area contributed by atoms with Gasteiger partial charge in [-0.15, -0.1) is 0 Å². The maximum absolute atomic E-state index is 13.0. The molecule has 0 unspecified atom stereocenters. The highest BCUT2D eigenvalue weighted by atomic mass is 32.2. The highest BCUT2D eigenvalue weighted by Crippen LogP contribution is 2.26. The maximum atomic E-state index is 13.0. The zero-order valence-electron chi connectivity index (χ0n) is 19.1. The van der Waals surface area contributed by atoms with Gasteiger partial charge in [-0.1, -0.05) is 30.3 Å². The molecule has 7 heteroatoms. The van der Waals surface area contributed by atoms with E-state index in [4.69, 9.17) is 0 Å². The van der Waals surface area contributed by atoms with Gasteiger partial charge in [0.1, 0.15) is 6.54 Å². The van der Waals surface area contributed by atoms with E-state index in [2.05, 4.69) is 23.5 Å². The number of nitrogens with zero attached hydrogens (tertiary/aromatic N) is 2. The minimum Gasteiger partial charge on any atom is -0.348 e. The first kappa shape index (κ1) is 23.3. The molecule has 0 fully saturated rings. The van der Waals surface area contributed by atoms with Crippen molar-refractivity contribution < 1.29 is 13.2 Å². The summed E-state index contributed by atoms with van der Waals surface area (Å²) in [5, 5.41) is 2.98. The van der Waals surface area contributed by atoms with Crippen LogP contribution in [0.5, 0.6) is 0 Å². The van der Waals surface area contributed by atoms with Crippen LogP contribution < -0.4 is 9.62 Å². The minimum absolute atomic E-state index is 0.206. The summed E-state index contributed by atoms with van der Waals surface area (Å²) in [6, 6.07) is 11.8. The minimum atomic E-state index is -3.83. The maximum Gasteiger partial charge on any atom is 0.304 e. The number of nitrogens with one attached hydrogen (secondary N) is 1. The van der Waals surface area contributed by atoms with Crippen molar-refractivity contribution in [2.24, 2.45) is 0 Å². The molecule has 0 saturated carbocycles.